The van der Waals surface area contributed by atoms with Gasteiger partial charge in [0.05, 0.1) is 11.3 Å². The fraction of sp³-hybridized carbons (Fsp3) is 0.296. The molecule has 31 heavy (non-hydrogen) atoms. The van der Waals surface area contributed by atoms with Crippen LogP contribution in [-0.4, -0.2) is 37.0 Å². The van der Waals surface area contributed by atoms with Gasteiger partial charge in [0.2, 0.25) is 0 Å². The van der Waals surface area contributed by atoms with E-state index in [0.717, 1.165) is 43.0 Å². The summed E-state index contributed by atoms with van der Waals surface area (Å²) in [7, 11) is 0. The normalized spacial score (nSPS) is 19.7. The highest BCUT2D eigenvalue weighted by Crippen LogP contribution is 2.33. The molecule has 1 atom stereocenters. The Bertz CT molecular complexity index is 1010. The monoisotopic (exact) mass is 411 g/mol. The van der Waals surface area contributed by atoms with Crippen molar-refractivity contribution < 1.29 is 4.79 Å². The number of rotatable bonds is 5. The first-order valence-electron chi connectivity index (χ1n) is 11.3. The fourth-order valence-electron chi connectivity index (χ4n) is 4.95. The van der Waals surface area contributed by atoms with Crippen LogP contribution >= 0.6 is 0 Å². The van der Waals surface area contributed by atoms with E-state index in [2.05, 4.69) is 63.6 Å². The molecule has 1 fully saturated rings. The van der Waals surface area contributed by atoms with Crippen LogP contribution in [0.1, 0.15) is 46.4 Å². The average Bonchev–Trinajstić information content (AvgIpc) is 2.85. The van der Waals surface area contributed by atoms with Crippen LogP contribution < -0.4 is 10.2 Å². The van der Waals surface area contributed by atoms with E-state index in [1.165, 1.54) is 18.4 Å². The molecule has 2 heterocycles. The van der Waals surface area contributed by atoms with Crippen LogP contribution in [0, 0.1) is 0 Å². The molecule has 0 aliphatic carbocycles. The molecule has 2 aliphatic rings. The predicted octanol–water partition coefficient (Wildman–Crippen LogP) is 4.81. The van der Waals surface area contributed by atoms with E-state index in [1.54, 1.807) is 0 Å². The molecular formula is C27H29N3O. The molecular weight excluding hydrogens is 382 g/mol. The number of anilines is 1. The number of hydrogen-bond acceptors (Lipinski definition) is 3. The first kappa shape index (κ1) is 19.8. The number of nitrogens with one attached hydrogen (secondary N) is 1. The van der Waals surface area contributed by atoms with Gasteiger partial charge in [-0.15, -0.1) is 0 Å². The van der Waals surface area contributed by atoms with Gasteiger partial charge in [-0.05, 0) is 55.1 Å². The van der Waals surface area contributed by atoms with Crippen molar-refractivity contribution in [2.24, 2.45) is 0 Å². The van der Waals surface area contributed by atoms with Crippen molar-refractivity contribution >= 4 is 11.6 Å². The Kier molecular flexibility index (Phi) is 5.72. The number of fused-ring (bicyclic) bond motifs is 1. The molecule has 4 nitrogen and oxygen atoms in total. The van der Waals surface area contributed by atoms with E-state index >= 15 is 0 Å². The molecule has 0 spiro atoms. The molecule has 0 aromatic heterocycles. The molecule has 1 N–H and O–H groups in total. The van der Waals surface area contributed by atoms with E-state index in [4.69, 9.17) is 0 Å². The minimum absolute atomic E-state index is 0.00405. The molecule has 5 rings (SSSR count). The SMILES string of the molecule is O=C1NC(c2ccccc2)N(CCN2CCC(c3ccccc3)CC2)c2ccccc21. The third kappa shape index (κ3) is 4.21. The second-order valence-corrected chi connectivity index (χ2v) is 8.52. The van der Waals surface area contributed by atoms with Crippen LogP contribution in [0.15, 0.2) is 84.9 Å². The lowest BCUT2D eigenvalue weighted by atomic mass is 9.89. The maximum atomic E-state index is 12.7. The van der Waals surface area contributed by atoms with Gasteiger partial charge in [0.15, 0.2) is 0 Å². The summed E-state index contributed by atoms with van der Waals surface area (Å²) in [6.45, 7) is 4.12. The van der Waals surface area contributed by atoms with Gasteiger partial charge >= 0.3 is 0 Å². The maximum Gasteiger partial charge on any atom is 0.255 e. The quantitative estimate of drug-likeness (QED) is 0.654. The van der Waals surface area contributed by atoms with Crippen LogP contribution in [0.2, 0.25) is 0 Å². The van der Waals surface area contributed by atoms with Crippen molar-refractivity contribution in [3.05, 3.63) is 102 Å². The third-order valence-electron chi connectivity index (χ3n) is 6.67. The lowest BCUT2D eigenvalue weighted by Gasteiger charge is -2.41. The van der Waals surface area contributed by atoms with Gasteiger partial charge in [-0.3, -0.25) is 4.79 Å². The molecule has 158 valence electrons. The molecule has 0 bridgehead atoms. The number of carbonyl (C=O) groups is 1. The summed E-state index contributed by atoms with van der Waals surface area (Å²) in [5, 5.41) is 3.22. The Morgan fingerprint density at radius 1 is 0.742 bits per heavy atom. The Morgan fingerprint density at radius 2 is 1.35 bits per heavy atom. The van der Waals surface area contributed by atoms with Gasteiger partial charge in [0.25, 0.3) is 5.91 Å². The summed E-state index contributed by atoms with van der Waals surface area (Å²) in [4.78, 5) is 17.7. The van der Waals surface area contributed by atoms with E-state index in [9.17, 15) is 4.79 Å². The zero-order valence-electron chi connectivity index (χ0n) is 17.8. The Labute approximate surface area is 184 Å². The van der Waals surface area contributed by atoms with Crippen LogP contribution in [0.3, 0.4) is 0 Å². The first-order valence-corrected chi connectivity index (χ1v) is 11.3. The van der Waals surface area contributed by atoms with Gasteiger partial charge in [-0.25, -0.2) is 0 Å². The van der Waals surface area contributed by atoms with Crippen molar-refractivity contribution in [2.45, 2.75) is 24.9 Å². The predicted molar refractivity (Wildman–Crippen MR) is 125 cm³/mol. The minimum atomic E-state index is -0.134. The number of amides is 1. The lowest BCUT2D eigenvalue weighted by Crippen LogP contribution is -2.49. The third-order valence-corrected chi connectivity index (χ3v) is 6.67. The minimum Gasteiger partial charge on any atom is -0.345 e. The summed E-state index contributed by atoms with van der Waals surface area (Å²) in [5.41, 5.74) is 4.38. The maximum absolute atomic E-state index is 12.7. The van der Waals surface area contributed by atoms with E-state index in [1.807, 2.05) is 36.4 Å². The lowest BCUT2D eigenvalue weighted by molar-refractivity contribution is 0.0925. The average molecular weight is 412 g/mol. The number of benzene rings is 3. The number of likely N-dealkylation sites (tertiary alicyclic amines) is 1. The number of para-hydroxylation sites is 1. The molecule has 0 radical (unpaired) electrons. The van der Waals surface area contributed by atoms with Crippen molar-refractivity contribution in [2.75, 3.05) is 31.1 Å². The summed E-state index contributed by atoms with van der Waals surface area (Å²) >= 11 is 0. The second kappa shape index (κ2) is 8.94. The number of piperidine rings is 1. The van der Waals surface area contributed by atoms with E-state index in [-0.39, 0.29) is 12.1 Å². The summed E-state index contributed by atoms with van der Waals surface area (Å²) in [6.07, 6.45) is 2.28. The van der Waals surface area contributed by atoms with Crippen LogP contribution in [0.5, 0.6) is 0 Å². The standard InChI is InChI=1S/C27H29N3O/c31-27-24-13-7-8-14-25(24)30(26(28-27)23-11-5-2-6-12-23)20-19-29-17-15-22(16-18-29)21-9-3-1-4-10-21/h1-14,22,26H,15-20H2,(H,28,31). The number of nitrogens with zero attached hydrogens (tertiary/aromatic N) is 2. The molecule has 1 unspecified atom stereocenters. The van der Waals surface area contributed by atoms with Crippen LogP contribution in [0.4, 0.5) is 5.69 Å². The molecule has 1 saturated heterocycles. The summed E-state index contributed by atoms with van der Waals surface area (Å²) < 4.78 is 0. The Morgan fingerprint density at radius 3 is 2.06 bits per heavy atom. The van der Waals surface area contributed by atoms with Crippen molar-refractivity contribution in [1.82, 2.24) is 10.2 Å². The fourth-order valence-corrected chi connectivity index (χ4v) is 4.95. The molecule has 3 aromatic carbocycles. The second-order valence-electron chi connectivity index (χ2n) is 8.52. The zero-order valence-corrected chi connectivity index (χ0v) is 17.8. The van der Waals surface area contributed by atoms with Gasteiger partial charge in [0, 0.05) is 13.1 Å². The van der Waals surface area contributed by atoms with Gasteiger partial charge in [-0.2, -0.15) is 0 Å². The summed E-state index contributed by atoms with van der Waals surface area (Å²) in [6, 6.07) is 29.1. The first-order chi connectivity index (χ1) is 15.3. The molecule has 0 saturated carbocycles. The van der Waals surface area contributed by atoms with Crippen molar-refractivity contribution in [1.29, 1.82) is 0 Å². The smallest absolute Gasteiger partial charge is 0.255 e. The highest BCUT2D eigenvalue weighted by molar-refractivity contribution is 6.02. The van der Waals surface area contributed by atoms with Gasteiger partial charge in [-0.1, -0.05) is 72.8 Å². The molecule has 4 heteroatoms. The molecule has 3 aromatic rings. The number of carbonyl (C=O) groups excluding carboxylic acids is 1. The highest BCUT2D eigenvalue weighted by atomic mass is 16.2. The number of hydrogen-bond donors (Lipinski definition) is 1. The van der Waals surface area contributed by atoms with Crippen LogP contribution in [0.25, 0.3) is 0 Å². The van der Waals surface area contributed by atoms with Crippen molar-refractivity contribution in [3.63, 3.8) is 0 Å². The zero-order chi connectivity index (χ0) is 21.0. The topological polar surface area (TPSA) is 35.6 Å². The largest absolute Gasteiger partial charge is 0.345 e. The Hall–Kier alpha value is -3.11. The van der Waals surface area contributed by atoms with Crippen LogP contribution in [-0.2, 0) is 0 Å². The highest BCUT2D eigenvalue weighted by Gasteiger charge is 2.32. The van der Waals surface area contributed by atoms with E-state index in [0.29, 0.717) is 5.92 Å². The van der Waals surface area contributed by atoms with Gasteiger partial charge in [0.1, 0.15) is 6.17 Å². The Balaban J connectivity index is 1.30. The summed E-state index contributed by atoms with van der Waals surface area (Å²) in [5.74, 6) is 0.675. The van der Waals surface area contributed by atoms with Gasteiger partial charge < -0.3 is 15.1 Å². The molecule has 2 aliphatic heterocycles. The van der Waals surface area contributed by atoms with E-state index < -0.39 is 0 Å². The van der Waals surface area contributed by atoms with Crippen molar-refractivity contribution in [3.8, 4) is 0 Å². The molecule has 1 amide bonds.